The average Bonchev–Trinajstić information content (AvgIpc) is 2.96. The minimum atomic E-state index is -0.687. The molecular weight excluding hydrogens is 290 g/mol. The van der Waals surface area contributed by atoms with E-state index >= 15 is 0 Å². The smallest absolute Gasteiger partial charge is 0.303 e. The maximum Gasteiger partial charge on any atom is 0.303 e. The topological polar surface area (TPSA) is 69.6 Å². The Labute approximate surface area is 141 Å². The van der Waals surface area contributed by atoms with Crippen molar-refractivity contribution in [2.75, 3.05) is 6.54 Å². The summed E-state index contributed by atoms with van der Waals surface area (Å²) in [6, 6.07) is 0.398. The van der Waals surface area contributed by atoms with Crippen LogP contribution in [0.4, 0.5) is 0 Å². The van der Waals surface area contributed by atoms with E-state index in [2.05, 4.69) is 18.3 Å². The van der Waals surface area contributed by atoms with Crippen LogP contribution in [0.5, 0.6) is 0 Å². The van der Waals surface area contributed by atoms with E-state index in [1.807, 2.05) is 6.08 Å². The van der Waals surface area contributed by atoms with Crippen molar-refractivity contribution in [1.82, 2.24) is 5.32 Å². The van der Waals surface area contributed by atoms with Crippen LogP contribution in [0.3, 0.4) is 0 Å². The first-order valence-electron chi connectivity index (χ1n) is 9.45. The number of carboxylic acids is 1. The number of nitrogens with one attached hydrogen (secondary N) is 1. The van der Waals surface area contributed by atoms with E-state index in [-0.39, 0.29) is 6.10 Å². The molecule has 0 aromatic heterocycles. The molecule has 23 heavy (non-hydrogen) atoms. The van der Waals surface area contributed by atoms with E-state index in [1.54, 1.807) is 0 Å². The van der Waals surface area contributed by atoms with Gasteiger partial charge in [0.1, 0.15) is 0 Å². The van der Waals surface area contributed by atoms with Crippen molar-refractivity contribution in [2.45, 2.75) is 89.7 Å². The second kappa shape index (κ2) is 12.5. The van der Waals surface area contributed by atoms with Gasteiger partial charge in [-0.25, -0.2) is 0 Å². The Morgan fingerprint density at radius 2 is 2.00 bits per heavy atom. The van der Waals surface area contributed by atoms with Crippen LogP contribution in [0.25, 0.3) is 0 Å². The maximum absolute atomic E-state index is 10.5. The first-order valence-corrected chi connectivity index (χ1v) is 9.45. The van der Waals surface area contributed by atoms with Gasteiger partial charge in [-0.1, -0.05) is 57.6 Å². The van der Waals surface area contributed by atoms with Gasteiger partial charge in [0.05, 0.1) is 6.10 Å². The van der Waals surface area contributed by atoms with E-state index in [1.165, 1.54) is 32.1 Å². The fraction of sp³-hybridized carbons (Fsp3) is 0.842. The van der Waals surface area contributed by atoms with Gasteiger partial charge in [0.15, 0.2) is 0 Å². The standard InChI is InChI=1S/C19H35NO3/c1-2-3-6-10-17(21)12-13-18-16(14-15-20-18)9-7-4-5-8-11-19(22)23/h12-13,16-18,20-21H,2-11,14-15H2,1H3,(H,22,23). The van der Waals surface area contributed by atoms with E-state index in [0.717, 1.165) is 38.6 Å². The fourth-order valence-corrected chi connectivity index (χ4v) is 3.31. The van der Waals surface area contributed by atoms with E-state index in [0.29, 0.717) is 18.4 Å². The molecule has 3 atom stereocenters. The molecular formula is C19H35NO3. The maximum atomic E-state index is 10.5. The summed E-state index contributed by atoms with van der Waals surface area (Å²) in [5.41, 5.74) is 0. The van der Waals surface area contributed by atoms with Gasteiger partial charge in [-0.05, 0) is 38.1 Å². The number of hydrogen-bond donors (Lipinski definition) is 3. The van der Waals surface area contributed by atoms with Gasteiger partial charge in [-0.3, -0.25) is 4.79 Å². The van der Waals surface area contributed by atoms with Crippen molar-refractivity contribution in [1.29, 1.82) is 0 Å². The third-order valence-corrected chi connectivity index (χ3v) is 4.76. The molecule has 0 aromatic carbocycles. The number of aliphatic hydroxyl groups excluding tert-OH is 1. The van der Waals surface area contributed by atoms with Crippen LogP contribution < -0.4 is 5.32 Å². The quantitative estimate of drug-likeness (QED) is 0.355. The molecule has 0 spiro atoms. The molecule has 134 valence electrons. The molecule has 1 rings (SSSR count). The summed E-state index contributed by atoms with van der Waals surface area (Å²) in [6.07, 6.45) is 15.0. The Kier molecular flexibility index (Phi) is 11.0. The van der Waals surface area contributed by atoms with Crippen molar-refractivity contribution in [3.05, 3.63) is 12.2 Å². The fourth-order valence-electron chi connectivity index (χ4n) is 3.31. The summed E-state index contributed by atoms with van der Waals surface area (Å²) >= 11 is 0. The van der Waals surface area contributed by atoms with Crippen molar-refractivity contribution in [2.24, 2.45) is 5.92 Å². The van der Waals surface area contributed by atoms with Crippen molar-refractivity contribution < 1.29 is 15.0 Å². The first kappa shape index (κ1) is 20.2. The van der Waals surface area contributed by atoms with Gasteiger partial charge in [0, 0.05) is 12.5 Å². The highest BCUT2D eigenvalue weighted by Crippen LogP contribution is 2.23. The summed E-state index contributed by atoms with van der Waals surface area (Å²) in [5.74, 6) is -0.0266. The van der Waals surface area contributed by atoms with Crippen LogP contribution in [0.15, 0.2) is 12.2 Å². The molecule has 0 saturated carbocycles. The zero-order chi connectivity index (χ0) is 16.9. The lowest BCUT2D eigenvalue weighted by atomic mass is 9.93. The van der Waals surface area contributed by atoms with Crippen LogP contribution in [-0.4, -0.2) is 34.9 Å². The first-order chi connectivity index (χ1) is 11.1. The number of carbonyl (C=O) groups is 1. The molecule has 4 nitrogen and oxygen atoms in total. The Bertz CT molecular complexity index is 344. The molecule has 0 radical (unpaired) electrons. The number of carboxylic acid groups (broad SMARTS) is 1. The Hall–Kier alpha value is -0.870. The summed E-state index contributed by atoms with van der Waals surface area (Å²) in [6.45, 7) is 3.24. The van der Waals surface area contributed by atoms with Crippen molar-refractivity contribution in [3.8, 4) is 0 Å². The van der Waals surface area contributed by atoms with Crippen LogP contribution in [-0.2, 0) is 4.79 Å². The predicted molar refractivity (Wildman–Crippen MR) is 94.5 cm³/mol. The third-order valence-electron chi connectivity index (χ3n) is 4.76. The highest BCUT2D eigenvalue weighted by Gasteiger charge is 2.24. The largest absolute Gasteiger partial charge is 0.481 e. The lowest BCUT2D eigenvalue weighted by molar-refractivity contribution is -0.137. The Balaban J connectivity index is 2.16. The van der Waals surface area contributed by atoms with Crippen LogP contribution in [0.2, 0.25) is 0 Å². The molecule has 0 aliphatic carbocycles. The van der Waals surface area contributed by atoms with Crippen LogP contribution >= 0.6 is 0 Å². The highest BCUT2D eigenvalue weighted by molar-refractivity contribution is 5.66. The molecule has 1 saturated heterocycles. The lowest BCUT2D eigenvalue weighted by Gasteiger charge is -2.16. The number of aliphatic carboxylic acids is 1. The van der Waals surface area contributed by atoms with E-state index < -0.39 is 5.97 Å². The van der Waals surface area contributed by atoms with Gasteiger partial charge in [-0.2, -0.15) is 0 Å². The van der Waals surface area contributed by atoms with Gasteiger partial charge in [-0.15, -0.1) is 0 Å². The zero-order valence-electron chi connectivity index (χ0n) is 14.7. The monoisotopic (exact) mass is 325 g/mol. The normalized spacial score (nSPS) is 22.7. The van der Waals surface area contributed by atoms with Crippen LogP contribution in [0, 0.1) is 5.92 Å². The van der Waals surface area contributed by atoms with Crippen molar-refractivity contribution >= 4 is 5.97 Å². The minimum absolute atomic E-state index is 0.298. The summed E-state index contributed by atoms with van der Waals surface area (Å²) in [4.78, 5) is 10.5. The molecule has 1 heterocycles. The molecule has 0 amide bonds. The second-order valence-electron chi connectivity index (χ2n) is 6.82. The number of aliphatic hydroxyl groups is 1. The Morgan fingerprint density at radius 3 is 2.74 bits per heavy atom. The summed E-state index contributed by atoms with van der Waals surface area (Å²) in [7, 11) is 0. The summed E-state index contributed by atoms with van der Waals surface area (Å²) in [5, 5.41) is 22.1. The molecule has 0 bridgehead atoms. The molecule has 0 aromatic rings. The van der Waals surface area contributed by atoms with Crippen LogP contribution in [0.1, 0.15) is 77.6 Å². The molecule has 1 aliphatic rings. The van der Waals surface area contributed by atoms with Gasteiger partial charge in [0.25, 0.3) is 0 Å². The van der Waals surface area contributed by atoms with Gasteiger partial charge in [0.2, 0.25) is 0 Å². The average molecular weight is 325 g/mol. The second-order valence-corrected chi connectivity index (χ2v) is 6.82. The molecule has 4 heteroatoms. The molecule has 1 aliphatic heterocycles. The van der Waals surface area contributed by atoms with E-state index in [9.17, 15) is 9.90 Å². The predicted octanol–water partition coefficient (Wildman–Crippen LogP) is 3.89. The van der Waals surface area contributed by atoms with E-state index in [4.69, 9.17) is 5.11 Å². The van der Waals surface area contributed by atoms with Gasteiger partial charge >= 0.3 is 5.97 Å². The SMILES string of the molecule is CCCCCC(O)C=CC1NCCC1CCCCCCC(=O)O. The number of rotatable bonds is 13. The molecule has 1 fully saturated rings. The number of unbranched alkanes of at least 4 members (excludes halogenated alkanes) is 5. The lowest BCUT2D eigenvalue weighted by Crippen LogP contribution is -2.25. The highest BCUT2D eigenvalue weighted by atomic mass is 16.4. The van der Waals surface area contributed by atoms with Gasteiger partial charge < -0.3 is 15.5 Å². The Morgan fingerprint density at radius 1 is 1.22 bits per heavy atom. The molecule has 3 unspecified atom stereocenters. The zero-order valence-corrected chi connectivity index (χ0v) is 14.7. The number of hydrogen-bond acceptors (Lipinski definition) is 3. The minimum Gasteiger partial charge on any atom is -0.481 e. The molecule has 3 N–H and O–H groups in total. The van der Waals surface area contributed by atoms with Crippen molar-refractivity contribution in [3.63, 3.8) is 0 Å². The summed E-state index contributed by atoms with van der Waals surface area (Å²) < 4.78 is 0. The third kappa shape index (κ3) is 9.77.